The molecule has 2 fully saturated rings. The molecule has 2 saturated heterocycles. The molecule has 92 heavy (non-hydrogen) atoms. The van der Waals surface area contributed by atoms with Gasteiger partial charge in [0.05, 0.1) is 64.5 Å². The number of anilines is 2. The van der Waals surface area contributed by atoms with E-state index >= 15 is 0 Å². The van der Waals surface area contributed by atoms with E-state index in [0.717, 1.165) is 45.3 Å². The monoisotopic (exact) mass is 1350 g/mol. The topological polar surface area (TPSA) is 188 Å². The van der Waals surface area contributed by atoms with E-state index in [1.54, 1.807) is 72.8 Å². The summed E-state index contributed by atoms with van der Waals surface area (Å²) in [6, 6.07) is 30.7. The predicted octanol–water partition coefficient (Wildman–Crippen LogP) is 13.3. The van der Waals surface area contributed by atoms with Crippen molar-refractivity contribution in [1.82, 2.24) is 28.5 Å². The molecule has 2 aromatic heterocycles. The van der Waals surface area contributed by atoms with Gasteiger partial charge in [-0.1, -0.05) is 36.4 Å². The van der Waals surface area contributed by atoms with Gasteiger partial charge in [0.15, 0.2) is 0 Å². The first-order valence-corrected chi connectivity index (χ1v) is 33.9. The summed E-state index contributed by atoms with van der Waals surface area (Å²) in [6.07, 6.45) is -0.0362. The second-order valence-corrected chi connectivity index (χ2v) is 27.6. The standard InChI is InChI=1S/2C32H33F3N4O5S2/c2*1-42-24-8-5-22(29(16-24)43-2)18-39(32-36-19-37-45-32)46(40,41)25-9-10-26-27(12-14-44-30(26)17-25)38-13-11-21(31(34)35)15-28(38)20-3-6-23(33)7-4-20/h2*3-10,16-17,19,21,27-28,31H,11-15,18H2,1-2H3/t21-,27+,28+;21-,27-,28+/m11/s1. The molecule has 0 amide bonds. The van der Waals surface area contributed by atoms with E-state index in [2.05, 4.69) is 28.5 Å². The number of nitrogens with zero attached hydrogens (tertiary/aromatic N) is 8. The predicted molar refractivity (Wildman–Crippen MR) is 333 cm³/mol. The average Bonchev–Trinajstić information content (AvgIpc) is 0.896. The first kappa shape index (κ1) is 65.7. The molecule has 4 aliphatic rings. The highest BCUT2D eigenvalue weighted by Gasteiger charge is 2.43. The van der Waals surface area contributed by atoms with Gasteiger partial charge < -0.3 is 28.4 Å². The highest BCUT2D eigenvalue weighted by molar-refractivity contribution is 7.93. The van der Waals surface area contributed by atoms with Gasteiger partial charge in [-0.15, -0.1) is 0 Å². The lowest BCUT2D eigenvalue weighted by atomic mass is 9.84. The lowest BCUT2D eigenvalue weighted by Gasteiger charge is -2.45. The Labute approximate surface area is 537 Å². The fourth-order valence-corrected chi connectivity index (χ4v) is 16.8. The summed E-state index contributed by atoms with van der Waals surface area (Å²) in [5.74, 6) is 0.515. The maximum atomic E-state index is 14.2. The number of rotatable bonds is 20. The number of ether oxygens (including phenoxy) is 6. The highest BCUT2D eigenvalue weighted by Crippen LogP contribution is 2.49. The number of methoxy groups -OCH3 is 4. The van der Waals surface area contributed by atoms with Crippen LogP contribution in [-0.2, 0) is 33.1 Å². The number of likely N-dealkylation sites (tertiary alicyclic amines) is 2. The van der Waals surface area contributed by atoms with Crippen molar-refractivity contribution in [2.24, 2.45) is 11.8 Å². The molecule has 0 spiro atoms. The zero-order valence-corrected chi connectivity index (χ0v) is 53.6. The zero-order valence-electron chi connectivity index (χ0n) is 50.4. The van der Waals surface area contributed by atoms with Crippen molar-refractivity contribution in [1.29, 1.82) is 0 Å². The molecule has 0 radical (unpaired) electrons. The maximum absolute atomic E-state index is 14.2. The van der Waals surface area contributed by atoms with E-state index in [1.807, 2.05) is 0 Å². The zero-order chi connectivity index (χ0) is 64.8. The lowest BCUT2D eigenvalue weighted by Crippen LogP contribution is -2.42. The van der Waals surface area contributed by atoms with Gasteiger partial charge in [-0.3, -0.25) is 9.80 Å². The average molecular weight is 1350 g/mol. The molecule has 0 bridgehead atoms. The summed E-state index contributed by atoms with van der Waals surface area (Å²) < 4.78 is 184. The summed E-state index contributed by atoms with van der Waals surface area (Å²) in [7, 11) is -2.29. The third-order valence-corrected chi connectivity index (χ3v) is 22.4. The molecule has 28 heteroatoms. The van der Waals surface area contributed by atoms with Crippen LogP contribution in [0.15, 0.2) is 144 Å². The fraction of sp³-hybridized carbons (Fsp3) is 0.375. The van der Waals surface area contributed by atoms with Gasteiger partial charge in [-0.25, -0.2) is 61.8 Å². The Bertz CT molecular complexity index is 3780. The number of benzene rings is 6. The molecule has 4 aliphatic heterocycles. The van der Waals surface area contributed by atoms with E-state index in [9.17, 15) is 43.2 Å². The molecule has 6 heterocycles. The number of piperidine rings is 2. The van der Waals surface area contributed by atoms with Gasteiger partial charge in [0, 0.05) is 118 Å². The molecule has 8 aromatic rings. The quantitative estimate of drug-likeness (QED) is 0.0655. The Kier molecular flexibility index (Phi) is 20.4. The molecule has 6 atom stereocenters. The van der Waals surface area contributed by atoms with Gasteiger partial charge in [0.25, 0.3) is 20.0 Å². The molecule has 0 saturated carbocycles. The number of sulfonamides is 2. The van der Waals surface area contributed by atoms with Gasteiger partial charge in [0.1, 0.15) is 58.8 Å². The molecular formula is C64H66F6N8O10S4. The Morgan fingerprint density at radius 1 is 0.522 bits per heavy atom. The number of fused-ring (bicyclic) bond motifs is 2. The minimum Gasteiger partial charge on any atom is -0.497 e. The van der Waals surface area contributed by atoms with Crippen LogP contribution in [0.4, 0.5) is 36.6 Å². The van der Waals surface area contributed by atoms with Crippen LogP contribution >= 0.6 is 23.1 Å². The summed E-state index contributed by atoms with van der Waals surface area (Å²) in [6.45, 7) is 1.29. The van der Waals surface area contributed by atoms with E-state index in [-0.39, 0.29) is 70.2 Å². The normalized spacial score (nSPS) is 20.2. The van der Waals surface area contributed by atoms with Crippen molar-refractivity contribution >= 4 is 53.4 Å². The van der Waals surface area contributed by atoms with Crippen LogP contribution in [0.2, 0.25) is 0 Å². The first-order chi connectivity index (χ1) is 44.4. The van der Waals surface area contributed by atoms with Crippen LogP contribution < -0.4 is 37.0 Å². The largest absolute Gasteiger partial charge is 0.497 e. The molecule has 0 aliphatic carbocycles. The number of hydrogen-bond acceptors (Lipinski definition) is 18. The number of aromatic nitrogens is 4. The Morgan fingerprint density at radius 2 is 0.924 bits per heavy atom. The molecule has 0 unspecified atom stereocenters. The van der Waals surface area contributed by atoms with Crippen LogP contribution in [0.25, 0.3) is 0 Å². The smallest absolute Gasteiger partial charge is 0.266 e. The summed E-state index contributed by atoms with van der Waals surface area (Å²) in [4.78, 5) is 12.7. The van der Waals surface area contributed by atoms with Gasteiger partial charge in [-0.2, -0.15) is 8.75 Å². The second-order valence-electron chi connectivity index (χ2n) is 22.4. The van der Waals surface area contributed by atoms with Crippen LogP contribution in [-0.4, -0.2) is 113 Å². The highest BCUT2D eigenvalue weighted by atomic mass is 32.2. The van der Waals surface area contributed by atoms with Crippen LogP contribution in [0.3, 0.4) is 0 Å². The van der Waals surface area contributed by atoms with Crippen molar-refractivity contribution in [3.05, 3.63) is 179 Å². The number of hydrogen-bond donors (Lipinski definition) is 0. The Morgan fingerprint density at radius 3 is 1.27 bits per heavy atom. The first-order valence-electron chi connectivity index (χ1n) is 29.5. The van der Waals surface area contributed by atoms with Crippen molar-refractivity contribution in [3.8, 4) is 34.5 Å². The Hall–Kier alpha value is -7.76. The SMILES string of the molecule is COc1ccc(CN(c2ncns2)S(=O)(=O)c2ccc3c(c2)OCC[C@@H]3N2CC[C@@H](C(F)F)C[C@H]2c2ccc(F)cc2)c(OC)c1.COc1ccc(CN(c2ncns2)S(=O)(=O)c2ccc3c(c2)OCC[C@H]3N2CC[C@@H](C(F)F)C[C@H]2c2ccc(F)cc2)c(OC)c1. The van der Waals surface area contributed by atoms with E-state index < -0.39 is 56.4 Å². The number of halogens is 6. The van der Waals surface area contributed by atoms with E-state index in [4.69, 9.17) is 28.4 Å². The second kappa shape index (κ2) is 28.6. The maximum Gasteiger partial charge on any atom is 0.266 e. The van der Waals surface area contributed by atoms with Crippen molar-refractivity contribution in [2.75, 3.05) is 63.4 Å². The third kappa shape index (κ3) is 14.1. The number of alkyl halides is 4. The minimum atomic E-state index is -4.17. The van der Waals surface area contributed by atoms with Crippen LogP contribution in [0, 0.1) is 23.5 Å². The summed E-state index contributed by atoms with van der Waals surface area (Å²) in [5, 5.41) is 0.358. The summed E-state index contributed by atoms with van der Waals surface area (Å²) >= 11 is 1.89. The minimum absolute atomic E-state index is 0.000992. The van der Waals surface area contributed by atoms with Crippen LogP contribution in [0.5, 0.6) is 34.5 Å². The fourth-order valence-electron chi connectivity index (χ4n) is 12.6. The third-order valence-electron chi connectivity index (χ3n) is 17.3. The molecular weight excluding hydrogens is 1280 g/mol. The van der Waals surface area contributed by atoms with E-state index in [1.165, 1.54) is 98.2 Å². The molecule has 488 valence electrons. The molecule has 6 aromatic carbocycles. The van der Waals surface area contributed by atoms with Crippen LogP contribution in [0.1, 0.15) is 96.1 Å². The molecule has 18 nitrogen and oxygen atoms in total. The molecule has 0 N–H and O–H groups in total. The van der Waals surface area contributed by atoms with Gasteiger partial charge in [-0.05, 0) is 111 Å². The van der Waals surface area contributed by atoms with Gasteiger partial charge >= 0.3 is 0 Å². The molecule has 12 rings (SSSR count). The van der Waals surface area contributed by atoms with Crippen molar-refractivity contribution < 1.29 is 71.6 Å². The Balaban J connectivity index is 0.000000188. The van der Waals surface area contributed by atoms with Crippen molar-refractivity contribution in [2.45, 2.75) is 98.4 Å². The van der Waals surface area contributed by atoms with Gasteiger partial charge in [0.2, 0.25) is 23.1 Å². The van der Waals surface area contributed by atoms with E-state index in [0.29, 0.717) is 97.6 Å². The summed E-state index contributed by atoms with van der Waals surface area (Å²) in [5.41, 5.74) is 4.26. The lowest BCUT2D eigenvalue weighted by molar-refractivity contribution is -0.0135. The van der Waals surface area contributed by atoms with Crippen molar-refractivity contribution in [3.63, 3.8) is 0 Å².